The number of nitrogens with one attached hydrogen (secondary N) is 1. The van der Waals surface area contributed by atoms with Gasteiger partial charge in [0, 0.05) is 36.7 Å². The van der Waals surface area contributed by atoms with Gasteiger partial charge in [0.1, 0.15) is 0 Å². The monoisotopic (exact) mass is 320 g/mol. The third-order valence-corrected chi connectivity index (χ3v) is 4.18. The lowest BCUT2D eigenvalue weighted by Crippen LogP contribution is -2.22. The van der Waals surface area contributed by atoms with E-state index >= 15 is 0 Å². The molecule has 2 heteroatoms. The van der Waals surface area contributed by atoms with Crippen molar-refractivity contribution in [3.05, 3.63) is 90.4 Å². The third kappa shape index (κ3) is 5.02. The summed E-state index contributed by atoms with van der Waals surface area (Å²) in [6, 6.07) is 12.7. The molecule has 2 nitrogen and oxygen atoms in total. The molecule has 24 heavy (non-hydrogen) atoms. The van der Waals surface area contributed by atoms with Crippen LogP contribution in [0.25, 0.3) is 5.69 Å². The summed E-state index contributed by atoms with van der Waals surface area (Å²) in [6.45, 7) is 11.5. The van der Waals surface area contributed by atoms with E-state index in [1.54, 1.807) is 0 Å². The maximum absolute atomic E-state index is 4.17. The molecule has 0 aliphatic heterocycles. The maximum Gasteiger partial charge on any atom is 0.0449 e. The second-order valence-corrected chi connectivity index (χ2v) is 6.11. The number of benzene rings is 1. The normalized spacial score (nSPS) is 13.2. The third-order valence-electron chi connectivity index (χ3n) is 4.18. The van der Waals surface area contributed by atoms with Crippen LogP contribution in [0.5, 0.6) is 0 Å². The first kappa shape index (κ1) is 17.9. The second kappa shape index (κ2) is 8.97. The van der Waals surface area contributed by atoms with Crippen LogP contribution < -0.4 is 5.32 Å². The molecule has 0 radical (unpaired) electrons. The van der Waals surface area contributed by atoms with Gasteiger partial charge in [-0.15, -0.1) is 0 Å². The highest BCUT2D eigenvalue weighted by Gasteiger charge is 2.06. The second-order valence-electron chi connectivity index (χ2n) is 6.11. The molecule has 0 saturated carbocycles. The lowest BCUT2D eigenvalue weighted by atomic mass is 10.00. The van der Waals surface area contributed by atoms with Crippen LogP contribution in [0.3, 0.4) is 0 Å². The summed E-state index contributed by atoms with van der Waals surface area (Å²) >= 11 is 0. The molecule has 1 aromatic carbocycles. The molecule has 1 unspecified atom stereocenters. The Bertz CT molecular complexity index is 688. The Balaban J connectivity index is 1.86. The molecule has 126 valence electrons. The standard InChI is InChI=1S/C22H28N2/c1-5-9-21(6-2)18(3)17-23-19(4)16-20-10-12-22(13-11-20)24-14-7-8-15-24/h5-15,18,23H,4,16-17H2,1-3H3/b9-5-,21-6+. The molecule has 0 amide bonds. The average molecular weight is 320 g/mol. The average Bonchev–Trinajstić information content (AvgIpc) is 3.13. The highest BCUT2D eigenvalue weighted by molar-refractivity contribution is 5.36. The molecule has 1 atom stereocenters. The van der Waals surface area contributed by atoms with E-state index in [1.165, 1.54) is 16.8 Å². The van der Waals surface area contributed by atoms with Gasteiger partial charge in [-0.1, -0.05) is 43.9 Å². The van der Waals surface area contributed by atoms with E-state index in [2.05, 4.69) is 92.1 Å². The van der Waals surface area contributed by atoms with Gasteiger partial charge in [0.2, 0.25) is 0 Å². The van der Waals surface area contributed by atoms with Gasteiger partial charge in [-0.3, -0.25) is 0 Å². The molecule has 0 saturated heterocycles. The van der Waals surface area contributed by atoms with Gasteiger partial charge >= 0.3 is 0 Å². The summed E-state index contributed by atoms with van der Waals surface area (Å²) in [4.78, 5) is 0. The Kier molecular flexibility index (Phi) is 6.68. The van der Waals surface area contributed by atoms with E-state index in [4.69, 9.17) is 0 Å². The van der Waals surface area contributed by atoms with Crippen LogP contribution in [0.15, 0.2) is 84.9 Å². The Morgan fingerprint density at radius 2 is 1.83 bits per heavy atom. The zero-order chi connectivity index (χ0) is 17.4. The van der Waals surface area contributed by atoms with Gasteiger partial charge in [-0.2, -0.15) is 0 Å². The van der Waals surface area contributed by atoms with E-state index in [9.17, 15) is 0 Å². The van der Waals surface area contributed by atoms with Gasteiger partial charge in [0.05, 0.1) is 0 Å². The molecule has 0 spiro atoms. The molecule has 0 aliphatic carbocycles. The van der Waals surface area contributed by atoms with Crippen LogP contribution in [0.1, 0.15) is 26.3 Å². The fourth-order valence-electron chi connectivity index (χ4n) is 2.75. The van der Waals surface area contributed by atoms with Crippen LogP contribution in [0, 0.1) is 5.92 Å². The van der Waals surface area contributed by atoms with Crippen molar-refractivity contribution in [3.8, 4) is 5.69 Å². The van der Waals surface area contributed by atoms with Crippen molar-refractivity contribution >= 4 is 0 Å². The van der Waals surface area contributed by atoms with Gasteiger partial charge in [0.25, 0.3) is 0 Å². The molecule has 2 aromatic rings. The first-order valence-electron chi connectivity index (χ1n) is 8.57. The summed E-state index contributed by atoms with van der Waals surface area (Å²) in [5.74, 6) is 0.471. The highest BCUT2D eigenvalue weighted by Crippen LogP contribution is 2.14. The van der Waals surface area contributed by atoms with Gasteiger partial charge in [-0.05, 0) is 55.2 Å². The SMILES string of the molecule is C=C(Cc1ccc(-n2cccc2)cc1)NCC(C)C(/C=C\C)=C/C. The van der Waals surface area contributed by atoms with E-state index < -0.39 is 0 Å². The summed E-state index contributed by atoms with van der Waals surface area (Å²) in [7, 11) is 0. The van der Waals surface area contributed by atoms with Crippen molar-refractivity contribution in [2.45, 2.75) is 27.2 Å². The first-order valence-corrected chi connectivity index (χ1v) is 8.57. The van der Waals surface area contributed by atoms with E-state index in [0.717, 1.165) is 18.7 Å². The quantitative estimate of drug-likeness (QED) is 0.655. The smallest absolute Gasteiger partial charge is 0.0449 e. The lowest BCUT2D eigenvalue weighted by Gasteiger charge is -2.16. The number of allylic oxidation sites excluding steroid dienone is 4. The maximum atomic E-state index is 4.17. The molecule has 0 aliphatic rings. The van der Waals surface area contributed by atoms with Crippen LogP contribution in [-0.4, -0.2) is 11.1 Å². The van der Waals surface area contributed by atoms with Crippen LogP contribution in [-0.2, 0) is 6.42 Å². The van der Waals surface area contributed by atoms with Crippen LogP contribution >= 0.6 is 0 Å². The number of nitrogens with zero attached hydrogens (tertiary/aromatic N) is 1. The highest BCUT2D eigenvalue weighted by atomic mass is 14.9. The van der Waals surface area contributed by atoms with Gasteiger partial charge in [0.15, 0.2) is 0 Å². The van der Waals surface area contributed by atoms with Gasteiger partial charge < -0.3 is 9.88 Å². The van der Waals surface area contributed by atoms with Crippen LogP contribution in [0.2, 0.25) is 0 Å². The molecular weight excluding hydrogens is 292 g/mol. The topological polar surface area (TPSA) is 17.0 Å². The Morgan fingerprint density at radius 3 is 2.42 bits per heavy atom. The Hall–Kier alpha value is -2.48. The number of hydrogen-bond donors (Lipinski definition) is 1. The fourth-order valence-corrected chi connectivity index (χ4v) is 2.75. The number of rotatable bonds is 8. The van der Waals surface area contributed by atoms with Crippen molar-refractivity contribution < 1.29 is 0 Å². The number of hydrogen-bond acceptors (Lipinski definition) is 1. The Labute approximate surface area is 146 Å². The zero-order valence-electron chi connectivity index (χ0n) is 15.0. The molecular formula is C22H28N2. The number of aromatic nitrogens is 1. The Morgan fingerprint density at radius 1 is 1.17 bits per heavy atom. The molecule has 1 N–H and O–H groups in total. The fraction of sp³-hybridized carbons (Fsp3) is 0.273. The van der Waals surface area contributed by atoms with Crippen molar-refractivity contribution in [2.24, 2.45) is 5.92 Å². The van der Waals surface area contributed by atoms with Crippen molar-refractivity contribution in [2.75, 3.05) is 6.54 Å². The minimum atomic E-state index is 0.471. The predicted octanol–water partition coefficient (Wildman–Crippen LogP) is 5.28. The molecule has 2 rings (SSSR count). The van der Waals surface area contributed by atoms with Crippen LogP contribution in [0.4, 0.5) is 0 Å². The molecule has 0 bridgehead atoms. The summed E-state index contributed by atoms with van der Waals surface area (Å²) in [5, 5.41) is 3.47. The predicted molar refractivity (Wildman–Crippen MR) is 104 cm³/mol. The largest absolute Gasteiger partial charge is 0.388 e. The first-order chi connectivity index (χ1) is 11.6. The molecule has 1 aromatic heterocycles. The molecule has 1 heterocycles. The molecule has 0 fully saturated rings. The van der Waals surface area contributed by atoms with Gasteiger partial charge in [-0.25, -0.2) is 0 Å². The summed E-state index contributed by atoms with van der Waals surface area (Å²) < 4.78 is 2.11. The summed E-state index contributed by atoms with van der Waals surface area (Å²) in [6.07, 6.45) is 11.4. The van der Waals surface area contributed by atoms with Crippen molar-refractivity contribution in [3.63, 3.8) is 0 Å². The summed E-state index contributed by atoms with van der Waals surface area (Å²) in [5.41, 5.74) is 4.87. The van der Waals surface area contributed by atoms with Crippen molar-refractivity contribution in [1.82, 2.24) is 9.88 Å². The van der Waals surface area contributed by atoms with E-state index in [0.29, 0.717) is 5.92 Å². The minimum Gasteiger partial charge on any atom is -0.388 e. The van der Waals surface area contributed by atoms with Crippen molar-refractivity contribution in [1.29, 1.82) is 0 Å². The lowest BCUT2D eigenvalue weighted by molar-refractivity contribution is 0.623. The van der Waals surface area contributed by atoms with E-state index in [1.807, 2.05) is 12.1 Å². The minimum absolute atomic E-state index is 0.471. The van der Waals surface area contributed by atoms with E-state index in [-0.39, 0.29) is 0 Å². The zero-order valence-corrected chi connectivity index (χ0v) is 15.0.